The van der Waals surface area contributed by atoms with Gasteiger partial charge in [-0.15, -0.1) is 0 Å². The average molecular weight is 478 g/mol. The normalized spacial score (nSPS) is 11.2. The molecule has 1 amide bonds. The zero-order valence-corrected chi connectivity index (χ0v) is 18.8. The second-order valence-corrected chi connectivity index (χ2v) is 8.43. The number of benzene rings is 3. The van der Waals surface area contributed by atoms with Gasteiger partial charge in [-0.2, -0.15) is 5.10 Å². The van der Waals surface area contributed by atoms with Gasteiger partial charge in [0.1, 0.15) is 0 Å². The number of imidazole rings is 1. The number of aromatic carboxylic acids is 1. The van der Waals surface area contributed by atoms with E-state index in [0.717, 1.165) is 16.6 Å². The summed E-state index contributed by atoms with van der Waals surface area (Å²) in [5, 5.41) is 16.4. The molecule has 0 saturated heterocycles. The number of carboxylic acids is 1. The van der Waals surface area contributed by atoms with E-state index in [1.165, 1.54) is 24.0 Å². The number of hydrazone groups is 1. The van der Waals surface area contributed by atoms with Crippen molar-refractivity contribution in [1.29, 1.82) is 0 Å². The SMILES string of the molecule is O=C(CSc1nc2ccccc2n1Cc1ccc(Cl)cc1)N/N=C\c1ccccc1C(=O)[O-]. The maximum atomic E-state index is 12.3. The Balaban J connectivity index is 1.45. The van der Waals surface area contributed by atoms with Crippen molar-refractivity contribution in [3.05, 3.63) is 94.5 Å². The Morgan fingerprint density at radius 2 is 1.79 bits per heavy atom. The Labute approximate surface area is 199 Å². The van der Waals surface area contributed by atoms with E-state index in [4.69, 9.17) is 11.6 Å². The van der Waals surface area contributed by atoms with Gasteiger partial charge in [-0.05, 0) is 29.8 Å². The van der Waals surface area contributed by atoms with E-state index in [2.05, 4.69) is 20.1 Å². The van der Waals surface area contributed by atoms with Crippen molar-refractivity contribution in [2.75, 3.05) is 5.75 Å². The third-order valence-electron chi connectivity index (χ3n) is 4.78. The van der Waals surface area contributed by atoms with E-state index in [1.807, 2.05) is 48.5 Å². The van der Waals surface area contributed by atoms with Crippen LogP contribution < -0.4 is 10.5 Å². The van der Waals surface area contributed by atoms with Crippen LogP contribution in [0.4, 0.5) is 0 Å². The number of halogens is 1. The quantitative estimate of drug-likeness (QED) is 0.238. The van der Waals surface area contributed by atoms with Crippen molar-refractivity contribution in [3.8, 4) is 0 Å². The van der Waals surface area contributed by atoms with Gasteiger partial charge >= 0.3 is 0 Å². The number of thioether (sulfide) groups is 1. The van der Waals surface area contributed by atoms with Gasteiger partial charge in [-0.3, -0.25) is 4.79 Å². The Morgan fingerprint density at radius 1 is 1.06 bits per heavy atom. The van der Waals surface area contributed by atoms with Crippen molar-refractivity contribution in [2.24, 2.45) is 5.10 Å². The summed E-state index contributed by atoms with van der Waals surface area (Å²) < 4.78 is 2.05. The predicted molar refractivity (Wildman–Crippen MR) is 128 cm³/mol. The summed E-state index contributed by atoms with van der Waals surface area (Å²) in [5.41, 5.74) is 5.63. The van der Waals surface area contributed by atoms with Crippen LogP contribution in [0.2, 0.25) is 5.02 Å². The van der Waals surface area contributed by atoms with Crippen LogP contribution in [-0.4, -0.2) is 33.4 Å². The lowest BCUT2D eigenvalue weighted by Crippen LogP contribution is -2.24. The maximum Gasteiger partial charge on any atom is 0.250 e. The highest BCUT2D eigenvalue weighted by atomic mass is 35.5. The number of aromatic nitrogens is 2. The number of hydrogen-bond donors (Lipinski definition) is 1. The van der Waals surface area contributed by atoms with Crippen LogP contribution in [0.1, 0.15) is 21.5 Å². The molecule has 0 aliphatic carbocycles. The van der Waals surface area contributed by atoms with E-state index in [-0.39, 0.29) is 17.2 Å². The summed E-state index contributed by atoms with van der Waals surface area (Å²) in [7, 11) is 0. The van der Waals surface area contributed by atoms with E-state index in [0.29, 0.717) is 22.3 Å². The molecule has 0 aliphatic rings. The van der Waals surface area contributed by atoms with Crippen LogP contribution in [0.3, 0.4) is 0 Å². The Bertz CT molecular complexity index is 1340. The minimum absolute atomic E-state index is 0.000732. The molecule has 7 nitrogen and oxygen atoms in total. The van der Waals surface area contributed by atoms with Crippen molar-refractivity contribution in [3.63, 3.8) is 0 Å². The van der Waals surface area contributed by atoms with Crippen molar-refractivity contribution < 1.29 is 14.7 Å². The highest BCUT2D eigenvalue weighted by Gasteiger charge is 2.13. The molecular weight excluding hydrogens is 460 g/mol. The molecule has 1 heterocycles. The second kappa shape index (κ2) is 10.3. The first kappa shape index (κ1) is 22.6. The lowest BCUT2D eigenvalue weighted by atomic mass is 10.1. The fraction of sp³-hybridized carbons (Fsp3) is 0.0833. The first-order valence-corrected chi connectivity index (χ1v) is 11.3. The third kappa shape index (κ3) is 5.60. The molecular formula is C24H18ClN4O3S-. The van der Waals surface area contributed by atoms with E-state index < -0.39 is 5.97 Å². The number of nitrogens with zero attached hydrogens (tertiary/aromatic N) is 3. The molecule has 0 bridgehead atoms. The van der Waals surface area contributed by atoms with Crippen molar-refractivity contribution in [2.45, 2.75) is 11.7 Å². The number of para-hydroxylation sites is 2. The average Bonchev–Trinajstić information content (AvgIpc) is 3.16. The van der Waals surface area contributed by atoms with Crippen LogP contribution >= 0.6 is 23.4 Å². The van der Waals surface area contributed by atoms with Gasteiger partial charge < -0.3 is 14.5 Å². The lowest BCUT2D eigenvalue weighted by Gasteiger charge is -2.09. The Kier molecular flexibility index (Phi) is 7.07. The van der Waals surface area contributed by atoms with Gasteiger partial charge in [0.05, 0.1) is 35.5 Å². The van der Waals surface area contributed by atoms with Crippen LogP contribution in [0.5, 0.6) is 0 Å². The first-order chi connectivity index (χ1) is 16.0. The number of carbonyl (C=O) groups excluding carboxylic acids is 2. The zero-order chi connectivity index (χ0) is 23.2. The number of nitrogens with one attached hydrogen (secondary N) is 1. The molecule has 9 heteroatoms. The van der Waals surface area contributed by atoms with E-state index >= 15 is 0 Å². The molecule has 0 fully saturated rings. The smallest absolute Gasteiger partial charge is 0.250 e. The molecule has 0 unspecified atom stereocenters. The minimum atomic E-state index is -1.31. The molecule has 0 saturated carbocycles. The summed E-state index contributed by atoms with van der Waals surface area (Å²) >= 11 is 7.29. The largest absolute Gasteiger partial charge is 0.545 e. The van der Waals surface area contributed by atoms with E-state index in [1.54, 1.807) is 18.2 Å². The fourth-order valence-electron chi connectivity index (χ4n) is 3.22. The Morgan fingerprint density at radius 3 is 2.58 bits per heavy atom. The second-order valence-electron chi connectivity index (χ2n) is 7.05. The number of fused-ring (bicyclic) bond motifs is 1. The van der Waals surface area contributed by atoms with Crippen LogP contribution in [0.25, 0.3) is 11.0 Å². The van der Waals surface area contributed by atoms with Gasteiger partial charge in [0.25, 0.3) is 5.91 Å². The first-order valence-electron chi connectivity index (χ1n) is 9.96. The molecule has 4 rings (SSSR count). The number of rotatable bonds is 8. The molecule has 33 heavy (non-hydrogen) atoms. The van der Waals surface area contributed by atoms with E-state index in [9.17, 15) is 14.7 Å². The van der Waals surface area contributed by atoms with Gasteiger partial charge in [-0.25, -0.2) is 10.4 Å². The van der Waals surface area contributed by atoms with Crippen LogP contribution in [0, 0.1) is 0 Å². The molecule has 0 radical (unpaired) electrons. The zero-order valence-electron chi connectivity index (χ0n) is 17.3. The molecule has 0 spiro atoms. The highest BCUT2D eigenvalue weighted by molar-refractivity contribution is 7.99. The fourth-order valence-corrected chi connectivity index (χ4v) is 4.15. The van der Waals surface area contributed by atoms with Gasteiger partial charge in [-0.1, -0.05) is 71.9 Å². The maximum absolute atomic E-state index is 12.3. The summed E-state index contributed by atoms with van der Waals surface area (Å²) in [4.78, 5) is 28.1. The molecule has 166 valence electrons. The predicted octanol–water partition coefficient (Wildman–Crippen LogP) is 3.34. The van der Waals surface area contributed by atoms with Crippen LogP contribution in [-0.2, 0) is 11.3 Å². The molecule has 1 N–H and O–H groups in total. The monoisotopic (exact) mass is 477 g/mol. The van der Waals surface area contributed by atoms with Gasteiger partial charge in [0, 0.05) is 16.1 Å². The number of carboxylic acid groups (broad SMARTS) is 1. The number of carbonyl (C=O) groups is 2. The summed E-state index contributed by atoms with van der Waals surface area (Å²) in [6.45, 7) is 0.583. The molecule has 3 aromatic carbocycles. The van der Waals surface area contributed by atoms with Gasteiger partial charge in [0.2, 0.25) is 0 Å². The lowest BCUT2D eigenvalue weighted by molar-refractivity contribution is -0.255. The van der Waals surface area contributed by atoms with Crippen LogP contribution in [0.15, 0.2) is 83.1 Å². The van der Waals surface area contributed by atoms with Gasteiger partial charge in [0.15, 0.2) is 5.16 Å². The molecule has 0 aliphatic heterocycles. The standard InChI is InChI=1S/C24H19ClN4O3S/c25-18-11-9-16(10-12-18)14-29-21-8-4-3-7-20(21)27-24(29)33-15-22(30)28-26-13-17-5-1-2-6-19(17)23(31)32/h1-13H,14-15H2,(H,28,30)(H,31,32)/p-1/b26-13-. The number of amides is 1. The highest BCUT2D eigenvalue weighted by Crippen LogP contribution is 2.25. The number of hydrogen-bond acceptors (Lipinski definition) is 6. The minimum Gasteiger partial charge on any atom is -0.545 e. The summed E-state index contributed by atoms with van der Waals surface area (Å²) in [6.07, 6.45) is 1.28. The molecule has 4 aromatic rings. The third-order valence-corrected chi connectivity index (χ3v) is 6.01. The summed E-state index contributed by atoms with van der Waals surface area (Å²) in [5.74, 6) is -1.56. The topological polar surface area (TPSA) is 99.4 Å². The van der Waals surface area contributed by atoms with Crippen molar-refractivity contribution >= 4 is 52.5 Å². The van der Waals surface area contributed by atoms with Crippen molar-refractivity contribution in [1.82, 2.24) is 15.0 Å². The summed E-state index contributed by atoms with van der Waals surface area (Å²) in [6, 6.07) is 21.6. The molecule has 1 aromatic heterocycles. The molecule has 0 atom stereocenters. The Hall–Kier alpha value is -3.62.